The fourth-order valence-corrected chi connectivity index (χ4v) is 4.01. The molecule has 0 saturated heterocycles. The number of anilines is 1. The lowest BCUT2D eigenvalue weighted by molar-refractivity contribution is 0.713. The highest BCUT2D eigenvalue weighted by Gasteiger charge is 2.17. The van der Waals surface area contributed by atoms with Crippen LogP contribution in [0.1, 0.15) is 42.2 Å². The molecule has 96 valence electrons. The summed E-state index contributed by atoms with van der Waals surface area (Å²) in [5, 5.41) is 7.25. The minimum atomic E-state index is 0.649. The zero-order valence-electron chi connectivity index (χ0n) is 10.8. The number of aromatic amines is 1. The molecule has 4 heteroatoms. The Bertz CT molecular complexity index is 530. The lowest BCUT2D eigenvalue weighted by Crippen LogP contribution is -1.90. The van der Waals surface area contributed by atoms with E-state index in [2.05, 4.69) is 23.2 Å². The number of rotatable bonds is 2. The number of hydrogen-bond donors (Lipinski definition) is 2. The number of nitrogens with zero attached hydrogens (tertiary/aromatic N) is 1. The van der Waals surface area contributed by atoms with E-state index in [4.69, 9.17) is 5.73 Å². The smallest absolute Gasteiger partial charge is 0.149 e. The molecule has 2 aromatic heterocycles. The number of thiophene rings is 1. The maximum Gasteiger partial charge on any atom is 0.149 e. The summed E-state index contributed by atoms with van der Waals surface area (Å²) in [5.41, 5.74) is 9.73. The highest BCUT2D eigenvalue weighted by Crippen LogP contribution is 2.36. The lowest BCUT2D eigenvalue weighted by Gasteiger charge is -1.98. The SMILES string of the molecule is CCc1c(N)n[nH]c1-c1cc2c(s1)CCCCC2. The molecule has 0 atom stereocenters. The summed E-state index contributed by atoms with van der Waals surface area (Å²) in [4.78, 5) is 2.88. The molecule has 0 radical (unpaired) electrons. The van der Waals surface area contributed by atoms with Gasteiger partial charge in [0.1, 0.15) is 5.82 Å². The summed E-state index contributed by atoms with van der Waals surface area (Å²) in [6.07, 6.45) is 7.43. The predicted octanol–water partition coefficient (Wildman–Crippen LogP) is 3.55. The third-order valence-corrected chi connectivity index (χ3v) is 5.00. The van der Waals surface area contributed by atoms with E-state index in [1.165, 1.54) is 37.0 Å². The second-order valence-electron chi connectivity index (χ2n) is 4.94. The summed E-state index contributed by atoms with van der Waals surface area (Å²) >= 11 is 1.92. The third kappa shape index (κ3) is 1.94. The third-order valence-electron chi connectivity index (χ3n) is 3.75. The van der Waals surface area contributed by atoms with Crippen molar-refractivity contribution in [2.75, 3.05) is 5.73 Å². The number of aromatic nitrogens is 2. The monoisotopic (exact) mass is 261 g/mol. The molecule has 1 aliphatic carbocycles. The fraction of sp³-hybridized carbons (Fsp3) is 0.500. The number of nitrogen functional groups attached to an aromatic ring is 1. The number of H-pyrrole nitrogens is 1. The van der Waals surface area contributed by atoms with Gasteiger partial charge in [-0.25, -0.2) is 0 Å². The summed E-state index contributed by atoms with van der Waals surface area (Å²) in [7, 11) is 0. The molecule has 3 rings (SSSR count). The zero-order valence-corrected chi connectivity index (χ0v) is 11.6. The van der Waals surface area contributed by atoms with Crippen molar-refractivity contribution in [3.8, 4) is 10.6 Å². The first-order chi connectivity index (χ1) is 8.79. The van der Waals surface area contributed by atoms with Crippen LogP contribution in [0.2, 0.25) is 0 Å². The Kier molecular flexibility index (Phi) is 3.12. The quantitative estimate of drug-likeness (QED) is 0.812. The molecule has 0 aliphatic heterocycles. The van der Waals surface area contributed by atoms with E-state index in [0.29, 0.717) is 5.82 Å². The molecule has 0 aromatic carbocycles. The second kappa shape index (κ2) is 4.76. The number of aryl methyl sites for hydroxylation is 2. The van der Waals surface area contributed by atoms with Crippen LogP contribution < -0.4 is 5.73 Å². The summed E-state index contributed by atoms with van der Waals surface area (Å²) in [6, 6.07) is 2.34. The van der Waals surface area contributed by atoms with Crippen molar-refractivity contribution in [2.45, 2.75) is 45.4 Å². The van der Waals surface area contributed by atoms with Crippen molar-refractivity contribution < 1.29 is 0 Å². The van der Waals surface area contributed by atoms with Gasteiger partial charge in [-0.05, 0) is 43.7 Å². The molecular weight excluding hydrogens is 242 g/mol. The summed E-state index contributed by atoms with van der Waals surface area (Å²) in [6.45, 7) is 2.13. The Morgan fingerprint density at radius 2 is 2.17 bits per heavy atom. The average Bonchev–Trinajstić information content (AvgIpc) is 2.87. The van der Waals surface area contributed by atoms with E-state index in [0.717, 1.165) is 17.7 Å². The van der Waals surface area contributed by atoms with Crippen LogP contribution in [0.25, 0.3) is 10.6 Å². The van der Waals surface area contributed by atoms with E-state index in [9.17, 15) is 0 Å². The molecule has 0 saturated carbocycles. The molecule has 3 N–H and O–H groups in total. The van der Waals surface area contributed by atoms with Crippen LogP contribution in [0.4, 0.5) is 5.82 Å². The number of nitrogens with two attached hydrogens (primary N) is 1. The maximum absolute atomic E-state index is 5.90. The van der Waals surface area contributed by atoms with E-state index in [1.54, 1.807) is 10.4 Å². The normalized spacial score (nSPS) is 15.4. The Hall–Kier alpha value is -1.29. The average molecular weight is 261 g/mol. The van der Waals surface area contributed by atoms with Crippen molar-refractivity contribution in [3.63, 3.8) is 0 Å². The molecular formula is C14H19N3S. The first-order valence-electron chi connectivity index (χ1n) is 6.74. The Labute approximate surface area is 111 Å². The first kappa shape index (κ1) is 11.8. The van der Waals surface area contributed by atoms with Gasteiger partial charge in [-0.2, -0.15) is 5.10 Å². The van der Waals surface area contributed by atoms with Crippen molar-refractivity contribution in [1.29, 1.82) is 0 Å². The molecule has 2 aromatic rings. The molecule has 0 amide bonds. The Balaban J connectivity index is 2.02. The topological polar surface area (TPSA) is 54.7 Å². The van der Waals surface area contributed by atoms with E-state index >= 15 is 0 Å². The first-order valence-corrected chi connectivity index (χ1v) is 7.56. The molecule has 0 bridgehead atoms. The van der Waals surface area contributed by atoms with Crippen LogP contribution in [0.3, 0.4) is 0 Å². The summed E-state index contributed by atoms with van der Waals surface area (Å²) in [5.74, 6) is 0.649. The number of fused-ring (bicyclic) bond motifs is 1. The van der Waals surface area contributed by atoms with Gasteiger partial charge in [-0.15, -0.1) is 11.3 Å². The van der Waals surface area contributed by atoms with Gasteiger partial charge in [0.2, 0.25) is 0 Å². The van der Waals surface area contributed by atoms with Gasteiger partial charge < -0.3 is 5.73 Å². The molecule has 3 nitrogen and oxygen atoms in total. The molecule has 0 spiro atoms. The van der Waals surface area contributed by atoms with E-state index in [1.807, 2.05) is 11.3 Å². The highest BCUT2D eigenvalue weighted by atomic mass is 32.1. The van der Waals surface area contributed by atoms with Gasteiger partial charge in [0.25, 0.3) is 0 Å². The predicted molar refractivity (Wildman–Crippen MR) is 77.0 cm³/mol. The lowest BCUT2D eigenvalue weighted by atomic mass is 10.1. The standard InChI is InChI=1S/C14H19N3S/c1-2-10-13(16-17-14(10)15)12-8-9-6-4-3-5-7-11(9)18-12/h8H,2-7H2,1H3,(H3,15,16,17). The van der Waals surface area contributed by atoms with Gasteiger partial charge in [0.15, 0.2) is 0 Å². The molecule has 0 unspecified atom stereocenters. The zero-order chi connectivity index (χ0) is 12.5. The maximum atomic E-state index is 5.90. The van der Waals surface area contributed by atoms with E-state index < -0.39 is 0 Å². The van der Waals surface area contributed by atoms with Crippen molar-refractivity contribution in [1.82, 2.24) is 10.2 Å². The largest absolute Gasteiger partial charge is 0.382 e. The van der Waals surface area contributed by atoms with Gasteiger partial charge in [0, 0.05) is 10.4 Å². The van der Waals surface area contributed by atoms with Crippen LogP contribution in [0.15, 0.2) is 6.07 Å². The molecule has 1 aliphatic rings. The number of nitrogens with one attached hydrogen (secondary N) is 1. The fourth-order valence-electron chi connectivity index (χ4n) is 2.73. The molecule has 0 fully saturated rings. The Morgan fingerprint density at radius 1 is 1.33 bits per heavy atom. The van der Waals surface area contributed by atoms with Crippen molar-refractivity contribution in [3.05, 3.63) is 22.1 Å². The van der Waals surface area contributed by atoms with Crippen LogP contribution >= 0.6 is 11.3 Å². The van der Waals surface area contributed by atoms with Gasteiger partial charge >= 0.3 is 0 Å². The van der Waals surface area contributed by atoms with Gasteiger partial charge in [-0.1, -0.05) is 13.3 Å². The van der Waals surface area contributed by atoms with Crippen LogP contribution in [-0.4, -0.2) is 10.2 Å². The van der Waals surface area contributed by atoms with Crippen molar-refractivity contribution in [2.24, 2.45) is 0 Å². The van der Waals surface area contributed by atoms with Crippen LogP contribution in [0, 0.1) is 0 Å². The number of hydrogen-bond acceptors (Lipinski definition) is 3. The van der Waals surface area contributed by atoms with Gasteiger partial charge in [-0.3, -0.25) is 5.10 Å². The van der Waals surface area contributed by atoms with Gasteiger partial charge in [0.05, 0.1) is 10.6 Å². The van der Waals surface area contributed by atoms with Crippen LogP contribution in [-0.2, 0) is 19.3 Å². The Morgan fingerprint density at radius 3 is 3.00 bits per heavy atom. The minimum absolute atomic E-state index is 0.649. The molecule has 18 heavy (non-hydrogen) atoms. The highest BCUT2D eigenvalue weighted by molar-refractivity contribution is 7.15. The summed E-state index contributed by atoms with van der Waals surface area (Å²) < 4.78 is 0. The minimum Gasteiger partial charge on any atom is -0.382 e. The van der Waals surface area contributed by atoms with Crippen molar-refractivity contribution >= 4 is 17.2 Å². The second-order valence-corrected chi connectivity index (χ2v) is 6.07. The van der Waals surface area contributed by atoms with E-state index in [-0.39, 0.29) is 0 Å². The van der Waals surface area contributed by atoms with Crippen LogP contribution in [0.5, 0.6) is 0 Å². The molecule has 2 heterocycles.